The maximum atomic E-state index is 13.3. The van der Waals surface area contributed by atoms with Crippen LogP contribution in [0.25, 0.3) is 0 Å². The van der Waals surface area contributed by atoms with Gasteiger partial charge in [-0.25, -0.2) is 4.79 Å². The molecule has 3 N–H and O–H groups in total. The largest absolute Gasteiger partial charge is 0.471 e. The van der Waals surface area contributed by atoms with Gasteiger partial charge in [0.1, 0.15) is 5.60 Å². The van der Waals surface area contributed by atoms with Crippen LogP contribution in [0.5, 0.6) is 0 Å². The van der Waals surface area contributed by atoms with Crippen molar-refractivity contribution in [1.29, 1.82) is 0 Å². The Balaban J connectivity index is 1.72. The summed E-state index contributed by atoms with van der Waals surface area (Å²) in [6, 6.07) is 29.5. The van der Waals surface area contributed by atoms with Crippen molar-refractivity contribution in [2.45, 2.75) is 44.5 Å². The molecule has 0 aromatic heterocycles. The summed E-state index contributed by atoms with van der Waals surface area (Å²) < 4.78 is 49.1. The van der Waals surface area contributed by atoms with Crippen LogP contribution in [0.3, 0.4) is 0 Å². The molecule has 0 spiro atoms. The van der Waals surface area contributed by atoms with Crippen LogP contribution < -0.4 is 16.0 Å². The first-order valence-corrected chi connectivity index (χ1v) is 15.4. The highest BCUT2D eigenvalue weighted by molar-refractivity contribution is 5.81. The van der Waals surface area contributed by atoms with Gasteiger partial charge in [0.25, 0.3) is 0 Å². The van der Waals surface area contributed by atoms with E-state index < -0.39 is 29.3 Å². The number of amides is 3. The van der Waals surface area contributed by atoms with Crippen LogP contribution in [-0.2, 0) is 24.6 Å². The predicted molar refractivity (Wildman–Crippen MR) is 173 cm³/mol. The van der Waals surface area contributed by atoms with Gasteiger partial charge in [-0.2, -0.15) is 13.2 Å². The summed E-state index contributed by atoms with van der Waals surface area (Å²) >= 11 is 0. The van der Waals surface area contributed by atoms with E-state index in [-0.39, 0.29) is 58.3 Å². The summed E-state index contributed by atoms with van der Waals surface area (Å²) in [6.45, 7) is 5.43. The van der Waals surface area contributed by atoms with Crippen molar-refractivity contribution in [3.05, 3.63) is 108 Å². The van der Waals surface area contributed by atoms with E-state index in [1.165, 1.54) is 4.90 Å². The molecule has 47 heavy (non-hydrogen) atoms. The average Bonchev–Trinajstić information content (AvgIpc) is 3.03. The number of benzene rings is 3. The molecule has 0 aliphatic carbocycles. The second kappa shape index (κ2) is 17.5. The van der Waals surface area contributed by atoms with Gasteiger partial charge in [-0.3, -0.25) is 14.9 Å². The fraction of sp³-hybridized carbons (Fsp3) is 0.400. The van der Waals surface area contributed by atoms with E-state index in [4.69, 9.17) is 9.47 Å². The number of hydrogen-bond acceptors (Lipinski definition) is 6. The molecule has 0 heterocycles. The van der Waals surface area contributed by atoms with Crippen LogP contribution in [0.1, 0.15) is 43.9 Å². The molecule has 9 nitrogen and oxygen atoms in total. The molecule has 3 amide bonds. The fourth-order valence-corrected chi connectivity index (χ4v) is 4.97. The Morgan fingerprint density at radius 1 is 0.681 bits per heavy atom. The molecule has 0 unspecified atom stereocenters. The van der Waals surface area contributed by atoms with E-state index in [0.29, 0.717) is 0 Å². The van der Waals surface area contributed by atoms with Gasteiger partial charge in [-0.1, -0.05) is 91.0 Å². The van der Waals surface area contributed by atoms with E-state index in [0.717, 1.165) is 16.7 Å². The number of alkyl halides is 3. The topological polar surface area (TPSA) is 109 Å². The number of hydrogen-bond donors (Lipinski definition) is 3. The van der Waals surface area contributed by atoms with Crippen molar-refractivity contribution in [2.75, 3.05) is 45.9 Å². The highest BCUT2D eigenvalue weighted by Gasteiger charge is 2.38. The lowest BCUT2D eigenvalue weighted by Crippen LogP contribution is -2.49. The number of alkyl carbamates (subject to hydrolysis) is 1. The van der Waals surface area contributed by atoms with Crippen molar-refractivity contribution in [3.8, 4) is 0 Å². The van der Waals surface area contributed by atoms with Gasteiger partial charge in [0.15, 0.2) is 0 Å². The Labute approximate surface area is 273 Å². The Morgan fingerprint density at radius 2 is 1.17 bits per heavy atom. The maximum Gasteiger partial charge on any atom is 0.471 e. The molecular weight excluding hydrogens is 613 g/mol. The van der Waals surface area contributed by atoms with Gasteiger partial charge in [0.2, 0.25) is 5.91 Å². The summed E-state index contributed by atoms with van der Waals surface area (Å²) in [7, 11) is 0. The molecule has 0 saturated heterocycles. The standard InChI is InChI=1S/C35H43F3N4O5/c1-33(2,3)47-32(45)40-22-26-46-25-19-30(43)42(23-20-39-31(44)35(36,37)38)24-21-41-34(27-13-7-4-8-14-27,28-15-9-5-10-16-28)29-17-11-6-12-18-29/h4-18,41H,19-26H2,1-3H3,(H,39,44)(H,40,45). The van der Waals surface area contributed by atoms with Gasteiger partial charge in [-0.15, -0.1) is 0 Å². The molecule has 3 rings (SSSR count). The Morgan fingerprint density at radius 3 is 1.64 bits per heavy atom. The normalized spacial score (nSPS) is 11.9. The van der Waals surface area contributed by atoms with E-state index >= 15 is 0 Å². The summed E-state index contributed by atoms with van der Waals surface area (Å²) in [4.78, 5) is 37.9. The van der Waals surface area contributed by atoms with Gasteiger partial charge >= 0.3 is 18.2 Å². The van der Waals surface area contributed by atoms with Crippen molar-refractivity contribution < 1.29 is 37.0 Å². The van der Waals surface area contributed by atoms with E-state index in [1.807, 2.05) is 96.3 Å². The molecule has 254 valence electrons. The first-order chi connectivity index (χ1) is 22.3. The third kappa shape index (κ3) is 11.7. The molecule has 0 fully saturated rings. The highest BCUT2D eigenvalue weighted by Crippen LogP contribution is 2.36. The second-order valence-electron chi connectivity index (χ2n) is 11.7. The molecule has 0 radical (unpaired) electrons. The van der Waals surface area contributed by atoms with E-state index in [1.54, 1.807) is 20.8 Å². The maximum absolute atomic E-state index is 13.3. The monoisotopic (exact) mass is 656 g/mol. The number of nitrogens with zero attached hydrogens (tertiary/aromatic N) is 1. The third-order valence-electron chi connectivity index (χ3n) is 7.04. The molecule has 3 aromatic carbocycles. The summed E-state index contributed by atoms with van der Waals surface area (Å²) in [5, 5.41) is 8.06. The van der Waals surface area contributed by atoms with Crippen molar-refractivity contribution in [3.63, 3.8) is 0 Å². The zero-order valence-corrected chi connectivity index (χ0v) is 26.9. The van der Waals surface area contributed by atoms with Crippen molar-refractivity contribution in [2.24, 2.45) is 0 Å². The molecular formula is C35H43F3N4O5. The van der Waals surface area contributed by atoms with Crippen LogP contribution in [0.15, 0.2) is 91.0 Å². The second-order valence-corrected chi connectivity index (χ2v) is 11.7. The summed E-state index contributed by atoms with van der Waals surface area (Å²) in [5.41, 5.74) is 1.43. The average molecular weight is 657 g/mol. The van der Waals surface area contributed by atoms with Gasteiger partial charge in [0, 0.05) is 32.7 Å². The molecule has 0 bridgehead atoms. The fourth-order valence-electron chi connectivity index (χ4n) is 4.97. The molecule has 3 aromatic rings. The van der Waals surface area contributed by atoms with Crippen LogP contribution in [0.2, 0.25) is 0 Å². The summed E-state index contributed by atoms with van der Waals surface area (Å²) in [6.07, 6.45) is -5.67. The number of ether oxygens (including phenoxy) is 2. The van der Waals surface area contributed by atoms with E-state index in [9.17, 15) is 27.6 Å². The lowest BCUT2D eigenvalue weighted by Gasteiger charge is -2.38. The van der Waals surface area contributed by atoms with Crippen LogP contribution >= 0.6 is 0 Å². The smallest absolute Gasteiger partial charge is 0.444 e. The summed E-state index contributed by atoms with van der Waals surface area (Å²) in [5.74, 6) is -2.43. The van der Waals surface area contributed by atoms with Crippen LogP contribution in [0.4, 0.5) is 18.0 Å². The molecule has 0 atom stereocenters. The van der Waals surface area contributed by atoms with E-state index in [2.05, 4.69) is 10.6 Å². The van der Waals surface area contributed by atoms with Gasteiger partial charge in [-0.05, 0) is 37.5 Å². The lowest BCUT2D eigenvalue weighted by atomic mass is 9.77. The van der Waals surface area contributed by atoms with Gasteiger partial charge < -0.3 is 25.0 Å². The molecule has 0 aliphatic rings. The number of carbonyl (C=O) groups is 3. The number of nitrogens with one attached hydrogen (secondary N) is 3. The highest BCUT2D eigenvalue weighted by atomic mass is 19.4. The zero-order valence-electron chi connectivity index (χ0n) is 26.9. The Bertz CT molecular complexity index is 1300. The molecule has 0 saturated carbocycles. The minimum Gasteiger partial charge on any atom is -0.444 e. The molecule has 0 aliphatic heterocycles. The minimum absolute atomic E-state index is 0.0235. The number of rotatable bonds is 16. The van der Waals surface area contributed by atoms with Crippen LogP contribution in [0, 0.1) is 0 Å². The Hall–Kier alpha value is -4.42. The van der Waals surface area contributed by atoms with Crippen molar-refractivity contribution in [1.82, 2.24) is 20.9 Å². The quantitative estimate of drug-likeness (QED) is 0.148. The number of carbonyl (C=O) groups excluding carboxylic acids is 3. The SMILES string of the molecule is CC(C)(C)OC(=O)NCCOCCC(=O)N(CCNC(=O)C(F)(F)F)CCNC(c1ccccc1)(c1ccccc1)c1ccccc1. The van der Waals surface area contributed by atoms with Gasteiger partial charge in [0.05, 0.1) is 25.2 Å². The molecule has 12 heteroatoms. The van der Waals surface area contributed by atoms with Crippen molar-refractivity contribution >= 4 is 17.9 Å². The predicted octanol–water partition coefficient (Wildman–Crippen LogP) is 5.01. The Kier molecular flexibility index (Phi) is 13.8. The first-order valence-electron chi connectivity index (χ1n) is 15.4. The lowest BCUT2D eigenvalue weighted by molar-refractivity contribution is -0.173. The van der Waals surface area contributed by atoms with Crippen LogP contribution in [-0.4, -0.2) is 80.5 Å². The first kappa shape index (κ1) is 37.0. The number of halogens is 3. The zero-order chi connectivity index (χ0) is 34.3. The minimum atomic E-state index is -5.03. The third-order valence-corrected chi connectivity index (χ3v) is 7.04.